The van der Waals surface area contributed by atoms with Crippen molar-refractivity contribution < 1.29 is 33.4 Å². The molecular formula is C31H29ClN2O7S. The van der Waals surface area contributed by atoms with Gasteiger partial charge in [0.1, 0.15) is 31.3 Å². The fourth-order valence-electron chi connectivity index (χ4n) is 3.77. The molecule has 3 amide bonds. The molecule has 9 nitrogen and oxygen atoms in total. The van der Waals surface area contributed by atoms with Crippen molar-refractivity contribution >= 4 is 58.1 Å². The van der Waals surface area contributed by atoms with E-state index in [1.165, 1.54) is 18.2 Å². The smallest absolute Gasteiger partial charge is 0.339 e. The van der Waals surface area contributed by atoms with Gasteiger partial charge in [-0.15, -0.1) is 0 Å². The maximum atomic E-state index is 12.9. The third-order valence-electron chi connectivity index (χ3n) is 5.92. The Bertz CT molecular complexity index is 1460. The van der Waals surface area contributed by atoms with Gasteiger partial charge in [-0.05, 0) is 72.3 Å². The molecule has 0 aliphatic carbocycles. The first kappa shape index (κ1) is 30.7. The first-order chi connectivity index (χ1) is 20.3. The first-order valence-electron chi connectivity index (χ1n) is 13.3. The predicted octanol–water partition coefficient (Wildman–Crippen LogP) is 6.43. The second-order valence-electron chi connectivity index (χ2n) is 9.08. The van der Waals surface area contributed by atoms with E-state index in [0.717, 1.165) is 35.3 Å². The Morgan fingerprint density at radius 1 is 0.929 bits per heavy atom. The molecule has 1 aliphatic rings. The SMILES string of the molecule is CCCCOC(=O)c1cc(NC(=O)CN2C(=O)S/C(=C/c3ccc(OCCOc4ccccc4)cc3)C2=O)ccc1Cl. The number of thioether (sulfide) groups is 1. The van der Waals surface area contributed by atoms with E-state index in [9.17, 15) is 19.2 Å². The highest BCUT2D eigenvalue weighted by atomic mass is 35.5. The highest BCUT2D eigenvalue weighted by Crippen LogP contribution is 2.32. The average Bonchev–Trinajstić information content (AvgIpc) is 3.24. The quantitative estimate of drug-likeness (QED) is 0.134. The number of esters is 1. The molecule has 1 fully saturated rings. The van der Waals surface area contributed by atoms with E-state index in [2.05, 4.69) is 5.32 Å². The zero-order valence-corrected chi connectivity index (χ0v) is 24.4. The van der Waals surface area contributed by atoms with Crippen LogP contribution in [-0.2, 0) is 14.3 Å². The lowest BCUT2D eigenvalue weighted by Crippen LogP contribution is -2.36. The Morgan fingerprint density at radius 3 is 2.31 bits per heavy atom. The maximum Gasteiger partial charge on any atom is 0.339 e. The van der Waals surface area contributed by atoms with Crippen LogP contribution in [0, 0.1) is 0 Å². The molecule has 1 aliphatic heterocycles. The number of imide groups is 1. The molecule has 11 heteroatoms. The van der Waals surface area contributed by atoms with Crippen molar-refractivity contribution in [2.24, 2.45) is 0 Å². The molecule has 0 aromatic heterocycles. The zero-order valence-electron chi connectivity index (χ0n) is 22.8. The minimum Gasteiger partial charge on any atom is -0.490 e. The van der Waals surface area contributed by atoms with Crippen molar-refractivity contribution in [2.75, 3.05) is 31.7 Å². The normalized spacial score (nSPS) is 13.8. The van der Waals surface area contributed by atoms with Gasteiger partial charge < -0.3 is 19.5 Å². The molecule has 0 unspecified atom stereocenters. The number of hydrogen-bond donors (Lipinski definition) is 1. The topological polar surface area (TPSA) is 111 Å². The highest BCUT2D eigenvalue weighted by molar-refractivity contribution is 8.18. The Balaban J connectivity index is 1.29. The maximum absolute atomic E-state index is 12.9. The lowest BCUT2D eigenvalue weighted by Gasteiger charge is -2.13. The molecule has 0 radical (unpaired) electrons. The van der Waals surface area contributed by atoms with Gasteiger partial charge in [0.15, 0.2) is 0 Å². The number of carbonyl (C=O) groups is 4. The Kier molecular flexibility index (Phi) is 11.0. The summed E-state index contributed by atoms with van der Waals surface area (Å²) in [5.41, 5.74) is 1.08. The lowest BCUT2D eigenvalue weighted by atomic mass is 10.2. The number of carbonyl (C=O) groups excluding carboxylic acids is 4. The standard InChI is InChI=1S/C31H29ClN2O7S/c1-2-3-15-41-30(37)25-19-22(11-14-26(25)32)33-28(35)20-34-29(36)27(42-31(34)38)18-21-9-12-24(13-10-21)40-17-16-39-23-7-5-4-6-8-23/h4-14,18-19H,2-3,15-17,20H2,1H3,(H,33,35)/b27-18+. The monoisotopic (exact) mass is 608 g/mol. The minimum atomic E-state index is -0.607. The summed E-state index contributed by atoms with van der Waals surface area (Å²) in [6.07, 6.45) is 3.17. The second kappa shape index (κ2) is 15.1. The van der Waals surface area contributed by atoms with Gasteiger partial charge >= 0.3 is 5.97 Å². The van der Waals surface area contributed by atoms with E-state index in [1.807, 2.05) is 37.3 Å². The average molecular weight is 609 g/mol. The van der Waals surface area contributed by atoms with Crippen molar-refractivity contribution in [2.45, 2.75) is 19.8 Å². The molecule has 1 N–H and O–H groups in total. The van der Waals surface area contributed by atoms with Crippen LogP contribution in [0.2, 0.25) is 5.02 Å². The number of unbranched alkanes of at least 4 members (excludes halogenated alkanes) is 1. The van der Waals surface area contributed by atoms with Crippen LogP contribution in [0.1, 0.15) is 35.7 Å². The van der Waals surface area contributed by atoms with Crippen LogP contribution in [-0.4, -0.2) is 54.3 Å². The van der Waals surface area contributed by atoms with E-state index < -0.39 is 29.6 Å². The van der Waals surface area contributed by atoms with Crippen molar-refractivity contribution in [3.8, 4) is 11.5 Å². The first-order valence-corrected chi connectivity index (χ1v) is 14.5. The van der Waals surface area contributed by atoms with Gasteiger partial charge in [-0.3, -0.25) is 19.3 Å². The van der Waals surface area contributed by atoms with Gasteiger partial charge in [-0.2, -0.15) is 0 Å². The molecule has 4 rings (SSSR count). The number of halogens is 1. The summed E-state index contributed by atoms with van der Waals surface area (Å²) >= 11 is 6.88. The second-order valence-corrected chi connectivity index (χ2v) is 10.5. The summed E-state index contributed by atoms with van der Waals surface area (Å²) in [4.78, 5) is 51.5. The molecule has 0 bridgehead atoms. The number of nitrogens with one attached hydrogen (secondary N) is 1. The Hall–Kier alpha value is -4.28. The van der Waals surface area contributed by atoms with Crippen LogP contribution in [0.3, 0.4) is 0 Å². The van der Waals surface area contributed by atoms with E-state index in [-0.39, 0.29) is 27.8 Å². The highest BCUT2D eigenvalue weighted by Gasteiger charge is 2.36. The van der Waals surface area contributed by atoms with Crippen LogP contribution >= 0.6 is 23.4 Å². The Morgan fingerprint density at radius 2 is 1.62 bits per heavy atom. The van der Waals surface area contributed by atoms with Gasteiger partial charge in [0, 0.05) is 5.69 Å². The lowest BCUT2D eigenvalue weighted by molar-refractivity contribution is -0.127. The van der Waals surface area contributed by atoms with Crippen LogP contribution in [0.25, 0.3) is 6.08 Å². The number of para-hydroxylation sites is 1. The number of amides is 3. The third kappa shape index (κ3) is 8.61. The number of rotatable bonds is 13. The molecule has 0 saturated carbocycles. The van der Waals surface area contributed by atoms with Crippen molar-refractivity contribution in [1.82, 2.24) is 4.90 Å². The predicted molar refractivity (Wildman–Crippen MR) is 162 cm³/mol. The van der Waals surface area contributed by atoms with Gasteiger partial charge in [0.25, 0.3) is 11.1 Å². The third-order valence-corrected chi connectivity index (χ3v) is 7.16. The Labute approximate surface area is 252 Å². The number of nitrogens with zero attached hydrogens (tertiary/aromatic N) is 1. The van der Waals surface area contributed by atoms with Crippen molar-refractivity contribution in [3.63, 3.8) is 0 Å². The van der Waals surface area contributed by atoms with Gasteiger partial charge in [-0.1, -0.05) is 55.3 Å². The molecule has 0 atom stereocenters. The number of anilines is 1. The fourth-order valence-corrected chi connectivity index (χ4v) is 4.81. The van der Waals surface area contributed by atoms with Crippen LogP contribution in [0.5, 0.6) is 11.5 Å². The molecule has 218 valence electrons. The summed E-state index contributed by atoms with van der Waals surface area (Å²) in [5.74, 6) is -0.383. The fraction of sp³-hybridized carbons (Fsp3) is 0.226. The van der Waals surface area contributed by atoms with Gasteiger partial charge in [0.2, 0.25) is 5.91 Å². The summed E-state index contributed by atoms with van der Waals surface area (Å²) in [7, 11) is 0. The molecule has 3 aromatic rings. The van der Waals surface area contributed by atoms with Crippen LogP contribution in [0.15, 0.2) is 77.7 Å². The number of benzene rings is 3. The number of ether oxygens (including phenoxy) is 3. The summed E-state index contributed by atoms with van der Waals surface area (Å²) in [6.45, 7) is 2.49. The van der Waals surface area contributed by atoms with Crippen LogP contribution in [0.4, 0.5) is 10.5 Å². The van der Waals surface area contributed by atoms with E-state index >= 15 is 0 Å². The molecule has 3 aromatic carbocycles. The molecule has 0 spiro atoms. The van der Waals surface area contributed by atoms with E-state index in [0.29, 0.717) is 24.5 Å². The van der Waals surface area contributed by atoms with Gasteiger partial charge in [0.05, 0.1) is 22.1 Å². The van der Waals surface area contributed by atoms with Gasteiger partial charge in [-0.25, -0.2) is 4.79 Å². The molecule has 1 heterocycles. The zero-order chi connectivity index (χ0) is 29.9. The van der Waals surface area contributed by atoms with Crippen molar-refractivity contribution in [3.05, 3.63) is 93.9 Å². The summed E-state index contributed by atoms with van der Waals surface area (Å²) in [5, 5.41) is 2.22. The van der Waals surface area contributed by atoms with E-state index in [1.54, 1.807) is 30.3 Å². The molecular weight excluding hydrogens is 580 g/mol. The molecule has 42 heavy (non-hydrogen) atoms. The van der Waals surface area contributed by atoms with Crippen molar-refractivity contribution in [1.29, 1.82) is 0 Å². The number of hydrogen-bond acceptors (Lipinski definition) is 8. The van der Waals surface area contributed by atoms with E-state index in [4.69, 9.17) is 25.8 Å². The molecule has 1 saturated heterocycles. The summed E-state index contributed by atoms with van der Waals surface area (Å²) in [6, 6.07) is 20.8. The largest absolute Gasteiger partial charge is 0.490 e. The minimum absolute atomic E-state index is 0.108. The van der Waals surface area contributed by atoms with Crippen LogP contribution < -0.4 is 14.8 Å². The summed E-state index contributed by atoms with van der Waals surface area (Å²) < 4.78 is 16.5.